The van der Waals surface area contributed by atoms with Crippen molar-refractivity contribution in [3.8, 4) is 5.75 Å². The Kier molecular flexibility index (Phi) is 7.42. The number of sulfone groups is 1. The van der Waals surface area contributed by atoms with Crippen molar-refractivity contribution in [3.63, 3.8) is 0 Å². The van der Waals surface area contributed by atoms with Gasteiger partial charge in [0, 0.05) is 19.2 Å². The Bertz CT molecular complexity index is 1260. The highest BCUT2D eigenvalue weighted by atomic mass is 32.2. The summed E-state index contributed by atoms with van der Waals surface area (Å²) in [5, 5.41) is 2.48. The highest BCUT2D eigenvalue weighted by molar-refractivity contribution is 7.91. The van der Waals surface area contributed by atoms with E-state index >= 15 is 0 Å². The molecule has 33 heavy (non-hydrogen) atoms. The number of hydrogen-bond acceptors (Lipinski definition) is 7. The summed E-state index contributed by atoms with van der Waals surface area (Å²) in [4.78, 5) is 37.2. The Morgan fingerprint density at radius 2 is 1.73 bits per heavy atom. The first kappa shape index (κ1) is 24.3. The summed E-state index contributed by atoms with van der Waals surface area (Å²) in [7, 11) is -2.94. The summed E-state index contributed by atoms with van der Waals surface area (Å²) >= 11 is 0. The maximum atomic E-state index is 12.5. The smallest absolute Gasteiger partial charge is 0.332 e. The van der Waals surface area contributed by atoms with Crippen LogP contribution in [0, 0.1) is 0 Å². The Hall–Kier alpha value is -3.34. The first-order valence-corrected chi connectivity index (χ1v) is 12.6. The first-order valence-electron chi connectivity index (χ1n) is 10.7. The van der Waals surface area contributed by atoms with Crippen LogP contribution in [-0.2, 0) is 27.7 Å². The van der Waals surface area contributed by atoms with E-state index in [1.54, 1.807) is 44.2 Å². The van der Waals surface area contributed by atoms with E-state index in [1.807, 2.05) is 0 Å². The molecule has 1 aromatic heterocycles. The van der Waals surface area contributed by atoms with Gasteiger partial charge in [0.25, 0.3) is 5.56 Å². The van der Waals surface area contributed by atoms with Crippen molar-refractivity contribution in [2.75, 3.05) is 22.6 Å². The molecule has 2 heterocycles. The van der Waals surface area contributed by atoms with Crippen LogP contribution >= 0.6 is 0 Å². The molecule has 0 bridgehead atoms. The number of carbonyl (C=O) groups is 1. The molecule has 1 saturated heterocycles. The molecule has 1 aliphatic rings. The van der Waals surface area contributed by atoms with E-state index in [9.17, 15) is 22.8 Å². The fraction of sp³-hybridized carbons (Fsp3) is 0.409. The third-order valence-electron chi connectivity index (χ3n) is 5.46. The van der Waals surface area contributed by atoms with Crippen molar-refractivity contribution in [1.82, 2.24) is 9.13 Å². The topological polar surface area (TPSA) is 142 Å². The molecule has 1 aromatic carbocycles. The molecule has 1 fully saturated rings. The lowest BCUT2D eigenvalue weighted by molar-refractivity contribution is -0.111. The summed E-state index contributed by atoms with van der Waals surface area (Å²) in [6.45, 7) is 3.79. The van der Waals surface area contributed by atoms with Crippen LogP contribution in [0.5, 0.6) is 5.75 Å². The van der Waals surface area contributed by atoms with Gasteiger partial charge in [0.1, 0.15) is 23.4 Å². The second-order valence-corrected chi connectivity index (χ2v) is 10.0. The van der Waals surface area contributed by atoms with E-state index in [-0.39, 0.29) is 42.2 Å². The van der Waals surface area contributed by atoms with Crippen LogP contribution in [0.2, 0.25) is 0 Å². The van der Waals surface area contributed by atoms with Crippen LogP contribution in [0.15, 0.2) is 39.9 Å². The van der Waals surface area contributed by atoms with Crippen molar-refractivity contribution in [1.29, 1.82) is 0 Å². The summed E-state index contributed by atoms with van der Waals surface area (Å²) in [5.74, 6) is 0.243. The molecule has 3 N–H and O–H groups in total. The van der Waals surface area contributed by atoms with Crippen molar-refractivity contribution < 1.29 is 17.9 Å². The molecule has 10 nitrogen and oxygen atoms in total. The minimum absolute atomic E-state index is 0.0871. The van der Waals surface area contributed by atoms with Crippen molar-refractivity contribution >= 4 is 33.3 Å². The van der Waals surface area contributed by atoms with Crippen LogP contribution in [-0.4, -0.2) is 41.1 Å². The lowest BCUT2D eigenvalue weighted by atomic mass is 10.2. The molecule has 1 aliphatic heterocycles. The standard InChI is InChI=1S/C22H28N4O6S/c1-3-25-20(23)19(21(28)26(4-2)22(25)29)24-18(27)10-7-15-5-8-16(9-6-15)32-17-11-13-33(30,31)14-12-17/h5-10,17H,3-4,11-14,23H2,1-2H3,(H,24,27)/b10-7+. The summed E-state index contributed by atoms with van der Waals surface area (Å²) in [6, 6.07) is 7.01. The highest BCUT2D eigenvalue weighted by Crippen LogP contribution is 2.21. The van der Waals surface area contributed by atoms with Gasteiger partial charge in [-0.05, 0) is 50.5 Å². The van der Waals surface area contributed by atoms with E-state index in [0.29, 0.717) is 18.6 Å². The molecule has 0 spiro atoms. The minimum atomic E-state index is -2.94. The van der Waals surface area contributed by atoms with E-state index in [1.165, 1.54) is 10.6 Å². The number of benzene rings is 1. The molecule has 11 heteroatoms. The Morgan fingerprint density at radius 3 is 2.30 bits per heavy atom. The van der Waals surface area contributed by atoms with Gasteiger partial charge in [-0.15, -0.1) is 0 Å². The van der Waals surface area contributed by atoms with Gasteiger partial charge in [0.05, 0.1) is 11.5 Å². The molecule has 2 aromatic rings. The number of nitrogen functional groups attached to an aromatic ring is 1. The fourth-order valence-electron chi connectivity index (χ4n) is 3.59. The Balaban J connectivity index is 1.67. The molecule has 0 aliphatic carbocycles. The van der Waals surface area contributed by atoms with Gasteiger partial charge in [-0.1, -0.05) is 12.1 Å². The fourth-order valence-corrected chi connectivity index (χ4v) is 5.04. The van der Waals surface area contributed by atoms with Crippen molar-refractivity contribution in [2.45, 2.75) is 45.9 Å². The van der Waals surface area contributed by atoms with Gasteiger partial charge in [-0.2, -0.15) is 0 Å². The maximum absolute atomic E-state index is 12.5. The molecular weight excluding hydrogens is 448 g/mol. The number of nitrogens with one attached hydrogen (secondary N) is 1. The van der Waals surface area contributed by atoms with E-state index in [2.05, 4.69) is 5.32 Å². The molecular formula is C22H28N4O6S. The largest absolute Gasteiger partial charge is 0.490 e. The summed E-state index contributed by atoms with van der Waals surface area (Å²) < 4.78 is 31.1. The van der Waals surface area contributed by atoms with Gasteiger partial charge in [0.2, 0.25) is 5.91 Å². The van der Waals surface area contributed by atoms with Crippen LogP contribution in [0.3, 0.4) is 0 Å². The normalized spacial score (nSPS) is 16.1. The monoisotopic (exact) mass is 476 g/mol. The SMILES string of the molecule is CCn1c(N)c(NC(=O)/C=C/c2ccc(OC3CCS(=O)(=O)CC3)cc2)c(=O)n(CC)c1=O. The Morgan fingerprint density at radius 1 is 1.12 bits per heavy atom. The van der Waals surface area contributed by atoms with E-state index in [0.717, 1.165) is 10.1 Å². The predicted molar refractivity (Wildman–Crippen MR) is 127 cm³/mol. The molecule has 178 valence electrons. The molecule has 0 radical (unpaired) electrons. The summed E-state index contributed by atoms with van der Waals surface area (Å²) in [6.07, 6.45) is 3.64. The molecule has 0 unspecified atom stereocenters. The minimum Gasteiger partial charge on any atom is -0.490 e. The number of amides is 1. The van der Waals surface area contributed by atoms with Crippen LogP contribution in [0.1, 0.15) is 32.3 Å². The van der Waals surface area contributed by atoms with Gasteiger partial charge < -0.3 is 15.8 Å². The zero-order chi connectivity index (χ0) is 24.2. The van der Waals surface area contributed by atoms with Gasteiger partial charge in [0.15, 0.2) is 9.84 Å². The van der Waals surface area contributed by atoms with E-state index < -0.39 is 27.0 Å². The number of hydrogen-bond donors (Lipinski definition) is 2. The van der Waals surface area contributed by atoms with Crippen molar-refractivity contribution in [3.05, 3.63) is 56.7 Å². The number of nitrogens with zero attached hydrogens (tertiary/aromatic N) is 2. The lowest BCUT2D eigenvalue weighted by Crippen LogP contribution is -2.42. The average Bonchev–Trinajstić information content (AvgIpc) is 2.78. The number of rotatable bonds is 7. The van der Waals surface area contributed by atoms with Gasteiger partial charge >= 0.3 is 5.69 Å². The summed E-state index contributed by atoms with van der Waals surface area (Å²) in [5.41, 5.74) is 5.37. The predicted octanol–water partition coefficient (Wildman–Crippen LogP) is 1.24. The quantitative estimate of drug-likeness (QED) is 0.572. The molecule has 3 rings (SSSR count). The third-order valence-corrected chi connectivity index (χ3v) is 7.18. The van der Waals surface area contributed by atoms with Gasteiger partial charge in [-0.25, -0.2) is 13.2 Å². The third kappa shape index (κ3) is 5.72. The second-order valence-electron chi connectivity index (χ2n) is 7.70. The number of carbonyl (C=O) groups excluding carboxylic acids is 1. The lowest BCUT2D eigenvalue weighted by Gasteiger charge is -2.23. The zero-order valence-corrected chi connectivity index (χ0v) is 19.4. The number of anilines is 2. The van der Waals surface area contributed by atoms with Gasteiger partial charge in [-0.3, -0.25) is 18.7 Å². The molecule has 1 amide bonds. The van der Waals surface area contributed by atoms with Crippen LogP contribution in [0.25, 0.3) is 6.08 Å². The zero-order valence-electron chi connectivity index (χ0n) is 18.6. The Labute approximate surface area is 191 Å². The molecule has 0 atom stereocenters. The number of aromatic nitrogens is 2. The highest BCUT2D eigenvalue weighted by Gasteiger charge is 2.24. The number of ether oxygens (including phenoxy) is 1. The average molecular weight is 477 g/mol. The molecule has 0 saturated carbocycles. The number of nitrogens with two attached hydrogens (primary N) is 1. The first-order chi connectivity index (χ1) is 15.6. The van der Waals surface area contributed by atoms with E-state index in [4.69, 9.17) is 10.5 Å². The second kappa shape index (κ2) is 10.1. The maximum Gasteiger partial charge on any atom is 0.332 e. The van der Waals surface area contributed by atoms with Crippen LogP contribution < -0.4 is 27.0 Å². The van der Waals surface area contributed by atoms with Crippen molar-refractivity contribution in [2.24, 2.45) is 0 Å². The van der Waals surface area contributed by atoms with Crippen LogP contribution in [0.4, 0.5) is 11.5 Å².